The first-order valence-corrected chi connectivity index (χ1v) is 8.58. The van der Waals surface area contributed by atoms with Gasteiger partial charge in [-0.1, -0.05) is 70.2 Å². The second-order valence-electron chi connectivity index (χ2n) is 6.17. The fourth-order valence-electron chi connectivity index (χ4n) is 3.26. The summed E-state index contributed by atoms with van der Waals surface area (Å²) < 4.78 is 0. The monoisotopic (exact) mass is 298 g/mol. The van der Waals surface area contributed by atoms with Gasteiger partial charge in [-0.05, 0) is 24.8 Å². The first-order chi connectivity index (χ1) is 10.7. The molecule has 1 atom stereocenters. The molecule has 2 rings (SSSR count). The van der Waals surface area contributed by atoms with Crippen molar-refractivity contribution in [2.45, 2.75) is 58.8 Å². The van der Waals surface area contributed by atoms with Crippen LogP contribution in [0.25, 0.3) is 0 Å². The van der Waals surface area contributed by atoms with Crippen LogP contribution in [0, 0.1) is 5.92 Å². The second kappa shape index (κ2) is 8.07. The van der Waals surface area contributed by atoms with Gasteiger partial charge in [-0.3, -0.25) is 9.59 Å². The average molecular weight is 298 g/mol. The van der Waals surface area contributed by atoms with E-state index in [1.165, 1.54) is 19.3 Å². The molecule has 1 aliphatic rings. The predicted octanol–water partition coefficient (Wildman–Crippen LogP) is 5.38. The van der Waals surface area contributed by atoms with E-state index in [1.54, 1.807) is 18.2 Å². The van der Waals surface area contributed by atoms with E-state index < -0.39 is 0 Å². The third-order valence-corrected chi connectivity index (χ3v) is 4.47. The molecule has 118 valence electrons. The molecule has 0 heterocycles. The minimum absolute atomic E-state index is 0.0140. The van der Waals surface area contributed by atoms with Crippen LogP contribution in [0.4, 0.5) is 0 Å². The highest BCUT2D eigenvalue weighted by Crippen LogP contribution is 2.31. The summed E-state index contributed by atoms with van der Waals surface area (Å²) in [6.45, 7) is 4.34. The summed E-state index contributed by atoms with van der Waals surface area (Å²) in [4.78, 5) is 25.0. The number of hydrogen-bond acceptors (Lipinski definition) is 2. The average Bonchev–Trinajstić information content (AvgIpc) is 2.54. The van der Waals surface area contributed by atoms with Crippen LogP contribution in [0.5, 0.6) is 0 Å². The standard InChI is InChI=1S/C20H26O2/c1-3-5-6-7-11-15(10-4-2)18-14-19(21)16-12-8-9-13-17(16)20(18)22/h8-9,12-15H,3-7,10-11H2,1-2H3. The maximum atomic E-state index is 12.7. The molecule has 1 aromatic carbocycles. The van der Waals surface area contributed by atoms with Crippen LogP contribution in [0.1, 0.15) is 79.5 Å². The van der Waals surface area contributed by atoms with Crippen LogP contribution >= 0.6 is 0 Å². The molecule has 2 nitrogen and oxygen atoms in total. The smallest absolute Gasteiger partial charge is 0.190 e. The SMILES string of the molecule is CCCCCCC(CCC)C1=CC(=O)c2ccccc2C1=O. The number of allylic oxidation sites excluding steroid dienone is 2. The van der Waals surface area contributed by atoms with Gasteiger partial charge in [-0.15, -0.1) is 0 Å². The topological polar surface area (TPSA) is 34.1 Å². The van der Waals surface area contributed by atoms with Gasteiger partial charge in [-0.2, -0.15) is 0 Å². The van der Waals surface area contributed by atoms with E-state index in [0.29, 0.717) is 11.1 Å². The van der Waals surface area contributed by atoms with Crippen molar-refractivity contribution in [2.24, 2.45) is 5.92 Å². The molecule has 1 aliphatic carbocycles. The molecule has 0 N–H and O–H groups in total. The summed E-state index contributed by atoms with van der Waals surface area (Å²) in [5.41, 5.74) is 1.87. The van der Waals surface area contributed by atoms with E-state index in [0.717, 1.165) is 31.3 Å². The highest BCUT2D eigenvalue weighted by Gasteiger charge is 2.29. The largest absolute Gasteiger partial charge is 0.289 e. The van der Waals surface area contributed by atoms with Crippen LogP contribution in [-0.2, 0) is 0 Å². The molecule has 0 bridgehead atoms. The quantitative estimate of drug-likeness (QED) is 0.604. The van der Waals surface area contributed by atoms with Crippen molar-refractivity contribution in [3.63, 3.8) is 0 Å². The Morgan fingerprint density at radius 3 is 2.27 bits per heavy atom. The number of Topliss-reactive ketones (excluding diaryl/α,β-unsaturated/α-hetero) is 1. The normalized spacial score (nSPS) is 15.5. The molecule has 0 saturated heterocycles. The molecule has 0 aliphatic heterocycles. The fraction of sp³-hybridized carbons (Fsp3) is 0.500. The molecule has 0 amide bonds. The van der Waals surface area contributed by atoms with E-state index in [1.807, 2.05) is 12.1 Å². The summed E-state index contributed by atoms with van der Waals surface area (Å²) >= 11 is 0. The summed E-state index contributed by atoms with van der Waals surface area (Å²) in [5.74, 6) is 0.274. The lowest BCUT2D eigenvalue weighted by Crippen LogP contribution is -2.22. The van der Waals surface area contributed by atoms with Crippen molar-refractivity contribution in [1.29, 1.82) is 0 Å². The summed E-state index contributed by atoms with van der Waals surface area (Å²) in [7, 11) is 0. The lowest BCUT2D eigenvalue weighted by atomic mass is 9.79. The van der Waals surface area contributed by atoms with Crippen molar-refractivity contribution in [1.82, 2.24) is 0 Å². The predicted molar refractivity (Wildman–Crippen MR) is 90.3 cm³/mol. The number of hydrogen-bond donors (Lipinski definition) is 0. The molecule has 0 fully saturated rings. The molecule has 0 saturated carbocycles. The van der Waals surface area contributed by atoms with Gasteiger partial charge in [0.2, 0.25) is 0 Å². The number of carbonyl (C=O) groups excluding carboxylic acids is 2. The van der Waals surface area contributed by atoms with Gasteiger partial charge in [-0.25, -0.2) is 0 Å². The number of fused-ring (bicyclic) bond motifs is 1. The van der Waals surface area contributed by atoms with Gasteiger partial charge >= 0.3 is 0 Å². The third kappa shape index (κ3) is 3.73. The molecule has 22 heavy (non-hydrogen) atoms. The maximum Gasteiger partial charge on any atom is 0.190 e. The molecule has 0 radical (unpaired) electrons. The lowest BCUT2D eigenvalue weighted by Gasteiger charge is -2.23. The summed E-state index contributed by atoms with van der Waals surface area (Å²) in [6.07, 6.45) is 9.45. The minimum atomic E-state index is -0.0140. The number of carbonyl (C=O) groups is 2. The van der Waals surface area contributed by atoms with Crippen molar-refractivity contribution in [2.75, 3.05) is 0 Å². The van der Waals surface area contributed by atoms with Gasteiger partial charge in [0.1, 0.15) is 0 Å². The second-order valence-corrected chi connectivity index (χ2v) is 6.17. The third-order valence-electron chi connectivity index (χ3n) is 4.47. The Labute approximate surface area is 133 Å². The maximum absolute atomic E-state index is 12.7. The molecular weight excluding hydrogens is 272 g/mol. The first-order valence-electron chi connectivity index (χ1n) is 8.58. The first kappa shape index (κ1) is 16.7. The van der Waals surface area contributed by atoms with E-state index in [9.17, 15) is 9.59 Å². The Bertz CT molecular complexity index is 569. The molecule has 0 aromatic heterocycles. The zero-order valence-corrected chi connectivity index (χ0v) is 13.7. The van der Waals surface area contributed by atoms with Gasteiger partial charge in [0.25, 0.3) is 0 Å². The molecule has 2 heteroatoms. The summed E-state index contributed by atoms with van der Waals surface area (Å²) in [6, 6.07) is 7.18. The zero-order valence-electron chi connectivity index (χ0n) is 13.7. The molecule has 1 aromatic rings. The highest BCUT2D eigenvalue weighted by atomic mass is 16.1. The number of benzene rings is 1. The number of ketones is 2. The van der Waals surface area contributed by atoms with Crippen molar-refractivity contribution < 1.29 is 9.59 Å². The van der Waals surface area contributed by atoms with E-state index in [4.69, 9.17) is 0 Å². The van der Waals surface area contributed by atoms with Gasteiger partial charge in [0, 0.05) is 16.7 Å². The van der Waals surface area contributed by atoms with Crippen molar-refractivity contribution in [3.05, 3.63) is 47.0 Å². The zero-order chi connectivity index (χ0) is 15.9. The van der Waals surface area contributed by atoms with Gasteiger partial charge in [0.05, 0.1) is 0 Å². The van der Waals surface area contributed by atoms with Gasteiger partial charge < -0.3 is 0 Å². The van der Waals surface area contributed by atoms with E-state index >= 15 is 0 Å². The number of unbranched alkanes of at least 4 members (excludes halogenated alkanes) is 3. The highest BCUT2D eigenvalue weighted by molar-refractivity contribution is 6.24. The Kier molecular flexibility index (Phi) is 6.11. The Morgan fingerprint density at radius 2 is 1.59 bits per heavy atom. The Hall–Kier alpha value is -1.70. The summed E-state index contributed by atoms with van der Waals surface area (Å²) in [5, 5.41) is 0. The van der Waals surface area contributed by atoms with Gasteiger partial charge in [0.15, 0.2) is 11.6 Å². The minimum Gasteiger partial charge on any atom is -0.289 e. The fourth-order valence-corrected chi connectivity index (χ4v) is 3.26. The van der Waals surface area contributed by atoms with E-state index in [-0.39, 0.29) is 17.5 Å². The Morgan fingerprint density at radius 1 is 0.864 bits per heavy atom. The van der Waals surface area contributed by atoms with Crippen LogP contribution in [0.3, 0.4) is 0 Å². The molecule has 1 unspecified atom stereocenters. The molecular formula is C20H26O2. The van der Waals surface area contributed by atoms with Crippen LogP contribution < -0.4 is 0 Å². The van der Waals surface area contributed by atoms with E-state index in [2.05, 4.69) is 13.8 Å². The van der Waals surface area contributed by atoms with Crippen molar-refractivity contribution in [3.8, 4) is 0 Å². The van der Waals surface area contributed by atoms with Crippen LogP contribution in [0.15, 0.2) is 35.9 Å². The lowest BCUT2D eigenvalue weighted by molar-refractivity contribution is 0.0972. The Balaban J connectivity index is 2.17. The molecule has 0 spiro atoms. The number of rotatable bonds is 8. The van der Waals surface area contributed by atoms with Crippen LogP contribution in [-0.4, -0.2) is 11.6 Å². The van der Waals surface area contributed by atoms with Crippen LogP contribution in [0.2, 0.25) is 0 Å². The van der Waals surface area contributed by atoms with Crippen molar-refractivity contribution >= 4 is 11.6 Å².